The predicted octanol–water partition coefficient (Wildman–Crippen LogP) is 0.582. The van der Waals surface area contributed by atoms with Gasteiger partial charge in [-0.2, -0.15) is 0 Å². The molecular formula is C18H24N4O3. The summed E-state index contributed by atoms with van der Waals surface area (Å²) >= 11 is 0. The lowest BCUT2D eigenvalue weighted by Gasteiger charge is -2.34. The minimum Gasteiger partial charge on any atom is -0.336 e. The van der Waals surface area contributed by atoms with E-state index >= 15 is 0 Å². The lowest BCUT2D eigenvalue weighted by Crippen LogP contribution is -2.55. The van der Waals surface area contributed by atoms with Crippen LogP contribution in [0.25, 0.3) is 0 Å². The highest BCUT2D eigenvalue weighted by atomic mass is 16.2. The van der Waals surface area contributed by atoms with Crippen LogP contribution in [0.3, 0.4) is 0 Å². The van der Waals surface area contributed by atoms with E-state index in [1.807, 2.05) is 38.1 Å². The molecule has 7 heteroatoms. The minimum atomic E-state index is -1.14. The van der Waals surface area contributed by atoms with Crippen molar-refractivity contribution in [1.29, 1.82) is 0 Å². The second-order valence-corrected chi connectivity index (χ2v) is 6.95. The van der Waals surface area contributed by atoms with Crippen molar-refractivity contribution in [3.05, 3.63) is 35.4 Å². The second kappa shape index (κ2) is 6.48. The maximum absolute atomic E-state index is 12.9. The number of nitrogens with one attached hydrogen (secondary N) is 2. The molecule has 2 unspecified atom stereocenters. The third-order valence-electron chi connectivity index (χ3n) is 5.02. The van der Waals surface area contributed by atoms with Crippen LogP contribution in [0, 0.1) is 6.92 Å². The van der Waals surface area contributed by atoms with Gasteiger partial charge in [0.2, 0.25) is 5.91 Å². The van der Waals surface area contributed by atoms with E-state index in [1.54, 1.807) is 11.8 Å². The quantitative estimate of drug-likeness (QED) is 0.786. The molecule has 2 saturated heterocycles. The predicted molar refractivity (Wildman–Crippen MR) is 92.8 cm³/mol. The molecule has 2 heterocycles. The van der Waals surface area contributed by atoms with Crippen LogP contribution in [0.2, 0.25) is 0 Å². The monoisotopic (exact) mass is 344 g/mol. The normalized spacial score (nSPS) is 26.8. The molecule has 134 valence electrons. The Morgan fingerprint density at radius 2 is 1.96 bits per heavy atom. The van der Waals surface area contributed by atoms with Gasteiger partial charge in [-0.15, -0.1) is 0 Å². The maximum Gasteiger partial charge on any atom is 0.325 e. The van der Waals surface area contributed by atoms with Gasteiger partial charge in [-0.25, -0.2) is 4.79 Å². The molecule has 25 heavy (non-hydrogen) atoms. The van der Waals surface area contributed by atoms with Crippen molar-refractivity contribution in [3.8, 4) is 0 Å². The van der Waals surface area contributed by atoms with Crippen LogP contribution in [0.5, 0.6) is 0 Å². The summed E-state index contributed by atoms with van der Waals surface area (Å²) in [4.78, 5) is 40.6. The largest absolute Gasteiger partial charge is 0.336 e. The van der Waals surface area contributed by atoms with E-state index < -0.39 is 17.5 Å². The van der Waals surface area contributed by atoms with Gasteiger partial charge >= 0.3 is 6.03 Å². The van der Waals surface area contributed by atoms with Gasteiger partial charge in [-0.05, 0) is 26.3 Å². The zero-order valence-electron chi connectivity index (χ0n) is 14.8. The summed E-state index contributed by atoms with van der Waals surface area (Å²) in [5, 5.41) is 5.96. The Hall–Kier alpha value is -2.41. The topological polar surface area (TPSA) is 81.8 Å². The molecule has 2 aliphatic rings. The van der Waals surface area contributed by atoms with Gasteiger partial charge in [0.15, 0.2) is 0 Å². The Balaban J connectivity index is 1.77. The number of urea groups is 1. The first-order valence-electron chi connectivity index (χ1n) is 8.54. The molecule has 0 radical (unpaired) electrons. The van der Waals surface area contributed by atoms with Gasteiger partial charge in [0, 0.05) is 25.7 Å². The molecule has 3 rings (SSSR count). The van der Waals surface area contributed by atoms with Crippen LogP contribution in [-0.4, -0.2) is 59.9 Å². The molecule has 1 aromatic carbocycles. The summed E-state index contributed by atoms with van der Waals surface area (Å²) in [6.07, 6.45) is 0. The Morgan fingerprint density at radius 3 is 2.60 bits per heavy atom. The average Bonchev–Trinajstić information content (AvgIpc) is 2.80. The highest BCUT2D eigenvalue weighted by Gasteiger charge is 2.49. The third kappa shape index (κ3) is 3.11. The summed E-state index contributed by atoms with van der Waals surface area (Å²) in [5.41, 5.74) is 0.644. The second-order valence-electron chi connectivity index (χ2n) is 6.95. The fourth-order valence-corrected chi connectivity index (χ4v) is 3.36. The van der Waals surface area contributed by atoms with Gasteiger partial charge in [0.25, 0.3) is 5.91 Å². The van der Waals surface area contributed by atoms with Crippen LogP contribution < -0.4 is 10.6 Å². The van der Waals surface area contributed by atoms with Crippen molar-refractivity contribution in [1.82, 2.24) is 20.4 Å². The summed E-state index contributed by atoms with van der Waals surface area (Å²) in [6, 6.07) is 6.98. The number of aryl methyl sites for hydroxylation is 1. The first kappa shape index (κ1) is 17.4. The van der Waals surface area contributed by atoms with Crippen molar-refractivity contribution >= 4 is 17.8 Å². The molecule has 0 aromatic heterocycles. The number of rotatable bonds is 3. The molecule has 2 fully saturated rings. The number of imide groups is 1. The summed E-state index contributed by atoms with van der Waals surface area (Å²) in [6.45, 7) is 7.38. The van der Waals surface area contributed by atoms with E-state index in [2.05, 4.69) is 10.6 Å². The molecule has 0 bridgehead atoms. The maximum atomic E-state index is 12.9. The van der Waals surface area contributed by atoms with Gasteiger partial charge in [-0.1, -0.05) is 29.8 Å². The molecule has 2 aliphatic heterocycles. The highest BCUT2D eigenvalue weighted by Crippen LogP contribution is 2.29. The number of hydrogen-bond donors (Lipinski definition) is 2. The van der Waals surface area contributed by atoms with Crippen LogP contribution in [0.1, 0.15) is 25.0 Å². The molecule has 2 N–H and O–H groups in total. The molecule has 1 aromatic rings. The van der Waals surface area contributed by atoms with Crippen molar-refractivity contribution in [2.24, 2.45) is 0 Å². The van der Waals surface area contributed by atoms with E-state index in [9.17, 15) is 14.4 Å². The van der Waals surface area contributed by atoms with Gasteiger partial charge in [-0.3, -0.25) is 14.5 Å². The fraction of sp³-hybridized carbons (Fsp3) is 0.500. The molecule has 4 amide bonds. The summed E-state index contributed by atoms with van der Waals surface area (Å²) < 4.78 is 0. The van der Waals surface area contributed by atoms with E-state index in [4.69, 9.17) is 0 Å². The van der Waals surface area contributed by atoms with Crippen LogP contribution in [0.4, 0.5) is 4.79 Å². The number of carbonyl (C=O) groups is 3. The Morgan fingerprint density at radius 1 is 1.28 bits per heavy atom. The number of piperazine rings is 1. The molecule has 0 spiro atoms. The van der Waals surface area contributed by atoms with Crippen LogP contribution >= 0.6 is 0 Å². The van der Waals surface area contributed by atoms with Crippen LogP contribution in [0.15, 0.2) is 24.3 Å². The van der Waals surface area contributed by atoms with Crippen molar-refractivity contribution in [2.75, 3.05) is 26.2 Å². The lowest BCUT2D eigenvalue weighted by molar-refractivity contribution is -0.140. The van der Waals surface area contributed by atoms with E-state index in [-0.39, 0.29) is 18.5 Å². The zero-order valence-corrected chi connectivity index (χ0v) is 14.8. The van der Waals surface area contributed by atoms with E-state index in [0.717, 1.165) is 17.0 Å². The SMILES string of the molecule is Cc1ccc(C2(C)NC(=O)N(CC(=O)N3CCNCC3C)C2=O)cc1. The van der Waals surface area contributed by atoms with Crippen molar-refractivity contribution < 1.29 is 14.4 Å². The van der Waals surface area contributed by atoms with Crippen LogP contribution in [-0.2, 0) is 15.1 Å². The standard InChI is InChI=1S/C18H24N4O3/c1-12-4-6-14(7-5-12)18(3)16(24)22(17(25)20-18)11-15(23)21-9-8-19-10-13(21)2/h4-7,13,19H,8-11H2,1-3H3,(H,20,25). The van der Waals surface area contributed by atoms with E-state index in [0.29, 0.717) is 18.7 Å². The first-order chi connectivity index (χ1) is 11.8. The Bertz CT molecular complexity index is 703. The number of hydrogen-bond acceptors (Lipinski definition) is 4. The molecule has 0 saturated carbocycles. The lowest BCUT2D eigenvalue weighted by atomic mass is 9.91. The molecule has 0 aliphatic carbocycles. The van der Waals surface area contributed by atoms with E-state index in [1.165, 1.54) is 0 Å². The number of carbonyl (C=O) groups excluding carboxylic acids is 3. The highest BCUT2D eigenvalue weighted by molar-refractivity contribution is 6.09. The van der Waals surface area contributed by atoms with Crippen molar-refractivity contribution in [2.45, 2.75) is 32.4 Å². The number of nitrogens with zero attached hydrogens (tertiary/aromatic N) is 2. The fourth-order valence-electron chi connectivity index (χ4n) is 3.36. The van der Waals surface area contributed by atoms with Crippen molar-refractivity contribution in [3.63, 3.8) is 0 Å². The first-order valence-corrected chi connectivity index (χ1v) is 8.54. The average molecular weight is 344 g/mol. The number of benzene rings is 1. The zero-order chi connectivity index (χ0) is 18.2. The Labute approximate surface area is 147 Å². The van der Waals surface area contributed by atoms with Gasteiger partial charge < -0.3 is 15.5 Å². The Kier molecular flexibility index (Phi) is 4.51. The molecule has 7 nitrogen and oxygen atoms in total. The number of amides is 4. The summed E-state index contributed by atoms with van der Waals surface area (Å²) in [5.74, 6) is -0.594. The summed E-state index contributed by atoms with van der Waals surface area (Å²) in [7, 11) is 0. The molecular weight excluding hydrogens is 320 g/mol. The third-order valence-corrected chi connectivity index (χ3v) is 5.02. The molecule has 2 atom stereocenters. The van der Waals surface area contributed by atoms with Gasteiger partial charge in [0.05, 0.1) is 0 Å². The minimum absolute atomic E-state index is 0.0468. The van der Waals surface area contributed by atoms with Gasteiger partial charge in [0.1, 0.15) is 12.1 Å². The smallest absolute Gasteiger partial charge is 0.325 e.